The molecule has 98 valence electrons. The Morgan fingerprint density at radius 3 is 2.78 bits per heavy atom. The van der Waals surface area contributed by atoms with Gasteiger partial charge in [0.05, 0.1) is 11.6 Å². The van der Waals surface area contributed by atoms with Crippen LogP contribution < -0.4 is 10.6 Å². The largest absolute Gasteiger partial charge is 0.384 e. The van der Waals surface area contributed by atoms with Crippen LogP contribution >= 0.6 is 11.6 Å². The number of benzene rings is 1. The zero-order valence-electron chi connectivity index (χ0n) is 10.4. The number of ether oxygens (including phenoxy) is 1. The quantitative estimate of drug-likeness (QED) is 0.614. The highest BCUT2D eigenvalue weighted by molar-refractivity contribution is 6.34. The molecule has 0 atom stereocenters. The van der Waals surface area contributed by atoms with Crippen molar-refractivity contribution in [2.45, 2.75) is 18.9 Å². The van der Waals surface area contributed by atoms with Gasteiger partial charge in [0.15, 0.2) is 0 Å². The summed E-state index contributed by atoms with van der Waals surface area (Å²) < 4.78 is 5.14. The first-order valence-electron chi connectivity index (χ1n) is 6.03. The van der Waals surface area contributed by atoms with Crippen LogP contribution in [0.4, 0.5) is 5.69 Å². The Labute approximate surface area is 112 Å². The molecule has 1 aliphatic rings. The molecule has 1 aliphatic carbocycles. The molecule has 0 heterocycles. The van der Waals surface area contributed by atoms with Crippen LogP contribution in [-0.2, 0) is 4.74 Å². The van der Waals surface area contributed by atoms with Gasteiger partial charge in [-0.2, -0.15) is 0 Å². The maximum atomic E-state index is 7.42. The molecule has 0 unspecified atom stereocenters. The van der Waals surface area contributed by atoms with Crippen molar-refractivity contribution in [3.63, 3.8) is 0 Å². The van der Waals surface area contributed by atoms with E-state index in [1.807, 2.05) is 18.2 Å². The fraction of sp³-hybridized carbons (Fsp3) is 0.462. The van der Waals surface area contributed by atoms with Crippen molar-refractivity contribution >= 4 is 23.1 Å². The standard InChI is InChI=1S/C13H18ClN3O/c1-18-7-6-17(9-2-3-9)10-4-5-11(13(15)16)12(14)8-10/h4-5,8-9H,2-3,6-7H2,1H3,(H3,15,16). The van der Waals surface area contributed by atoms with Gasteiger partial charge in [0.1, 0.15) is 5.84 Å². The van der Waals surface area contributed by atoms with Crippen LogP contribution in [-0.4, -0.2) is 32.1 Å². The lowest BCUT2D eigenvalue weighted by Crippen LogP contribution is -2.29. The van der Waals surface area contributed by atoms with Crippen molar-refractivity contribution < 1.29 is 4.74 Å². The molecule has 0 aliphatic heterocycles. The summed E-state index contributed by atoms with van der Waals surface area (Å²) in [6, 6.07) is 6.25. The molecular formula is C13H18ClN3O. The molecule has 18 heavy (non-hydrogen) atoms. The first kappa shape index (κ1) is 13.2. The van der Waals surface area contributed by atoms with Crippen LogP contribution in [0.5, 0.6) is 0 Å². The molecule has 2 rings (SSSR count). The van der Waals surface area contributed by atoms with E-state index in [2.05, 4.69) is 4.90 Å². The molecule has 3 N–H and O–H groups in total. The van der Waals surface area contributed by atoms with Gasteiger partial charge in [-0.3, -0.25) is 5.41 Å². The average Bonchev–Trinajstić information content (AvgIpc) is 3.13. The van der Waals surface area contributed by atoms with Crippen molar-refractivity contribution in [1.29, 1.82) is 5.41 Å². The molecule has 1 aromatic rings. The lowest BCUT2D eigenvalue weighted by molar-refractivity contribution is 0.205. The normalized spacial score (nSPS) is 14.6. The van der Waals surface area contributed by atoms with Gasteiger partial charge < -0.3 is 15.4 Å². The fourth-order valence-corrected chi connectivity index (χ4v) is 2.28. The van der Waals surface area contributed by atoms with E-state index >= 15 is 0 Å². The molecule has 0 aromatic heterocycles. The molecule has 0 saturated heterocycles. The molecule has 0 bridgehead atoms. The Morgan fingerprint density at radius 2 is 2.28 bits per heavy atom. The number of methoxy groups -OCH3 is 1. The lowest BCUT2D eigenvalue weighted by atomic mass is 10.1. The monoisotopic (exact) mass is 267 g/mol. The lowest BCUT2D eigenvalue weighted by Gasteiger charge is -2.25. The predicted octanol–water partition coefficient (Wildman–Crippen LogP) is 2.24. The highest BCUT2D eigenvalue weighted by atomic mass is 35.5. The van der Waals surface area contributed by atoms with Crippen molar-refractivity contribution in [3.8, 4) is 0 Å². The van der Waals surface area contributed by atoms with Crippen molar-refractivity contribution in [1.82, 2.24) is 0 Å². The number of nitrogens with one attached hydrogen (secondary N) is 1. The molecule has 4 nitrogen and oxygen atoms in total. The number of nitrogens with zero attached hydrogens (tertiary/aromatic N) is 1. The third-order valence-corrected chi connectivity index (χ3v) is 3.41. The summed E-state index contributed by atoms with van der Waals surface area (Å²) in [6.07, 6.45) is 2.44. The van der Waals surface area contributed by atoms with E-state index in [0.717, 1.165) is 12.2 Å². The predicted molar refractivity (Wildman–Crippen MR) is 74.7 cm³/mol. The van der Waals surface area contributed by atoms with E-state index in [1.165, 1.54) is 12.8 Å². The third kappa shape index (κ3) is 2.94. The van der Waals surface area contributed by atoms with Crippen LogP contribution in [0.1, 0.15) is 18.4 Å². The fourth-order valence-electron chi connectivity index (χ4n) is 2.00. The maximum Gasteiger partial charge on any atom is 0.124 e. The van der Waals surface area contributed by atoms with Crippen LogP contribution in [0, 0.1) is 5.41 Å². The van der Waals surface area contributed by atoms with E-state index in [1.54, 1.807) is 7.11 Å². The van der Waals surface area contributed by atoms with Crippen molar-refractivity contribution in [2.75, 3.05) is 25.2 Å². The molecule has 1 fully saturated rings. The van der Waals surface area contributed by atoms with Gasteiger partial charge in [0.25, 0.3) is 0 Å². The minimum atomic E-state index is 0.00131. The van der Waals surface area contributed by atoms with Crippen LogP contribution in [0.15, 0.2) is 18.2 Å². The Hall–Kier alpha value is -1.26. The number of nitrogen functional groups attached to an aromatic ring is 1. The van der Waals surface area contributed by atoms with Crippen LogP contribution in [0.3, 0.4) is 0 Å². The SMILES string of the molecule is COCCN(c1ccc(C(=N)N)c(Cl)c1)C1CC1. The van der Waals surface area contributed by atoms with Crippen LogP contribution in [0.2, 0.25) is 5.02 Å². The second-order valence-electron chi connectivity index (χ2n) is 4.50. The van der Waals surface area contributed by atoms with Gasteiger partial charge in [-0.1, -0.05) is 11.6 Å². The van der Waals surface area contributed by atoms with E-state index in [4.69, 9.17) is 27.5 Å². The Morgan fingerprint density at radius 1 is 1.56 bits per heavy atom. The smallest absolute Gasteiger partial charge is 0.124 e. The van der Waals surface area contributed by atoms with E-state index < -0.39 is 0 Å². The number of hydrogen-bond acceptors (Lipinski definition) is 3. The number of nitrogens with two attached hydrogens (primary N) is 1. The van der Waals surface area contributed by atoms with Gasteiger partial charge in [-0.05, 0) is 31.0 Å². The minimum Gasteiger partial charge on any atom is -0.384 e. The molecule has 0 radical (unpaired) electrons. The highest BCUT2D eigenvalue weighted by Crippen LogP contribution is 2.33. The summed E-state index contributed by atoms with van der Waals surface area (Å²) in [7, 11) is 1.71. The van der Waals surface area contributed by atoms with Crippen molar-refractivity contribution in [3.05, 3.63) is 28.8 Å². The second kappa shape index (κ2) is 5.59. The van der Waals surface area contributed by atoms with Gasteiger partial charge in [-0.15, -0.1) is 0 Å². The maximum absolute atomic E-state index is 7.42. The van der Waals surface area contributed by atoms with Crippen LogP contribution in [0.25, 0.3) is 0 Å². The third-order valence-electron chi connectivity index (χ3n) is 3.10. The number of halogens is 1. The Bertz CT molecular complexity index is 446. The summed E-state index contributed by atoms with van der Waals surface area (Å²) in [6.45, 7) is 1.56. The minimum absolute atomic E-state index is 0.00131. The summed E-state index contributed by atoms with van der Waals surface area (Å²) >= 11 is 6.15. The van der Waals surface area contributed by atoms with Gasteiger partial charge in [0, 0.05) is 30.9 Å². The van der Waals surface area contributed by atoms with Gasteiger partial charge in [0.2, 0.25) is 0 Å². The summed E-state index contributed by atoms with van der Waals surface area (Å²) in [4.78, 5) is 2.30. The summed E-state index contributed by atoms with van der Waals surface area (Å²) in [5.41, 5.74) is 7.12. The summed E-state index contributed by atoms with van der Waals surface area (Å²) in [5.74, 6) is 0.00131. The van der Waals surface area contributed by atoms with Gasteiger partial charge in [-0.25, -0.2) is 0 Å². The second-order valence-corrected chi connectivity index (χ2v) is 4.90. The number of hydrogen-bond donors (Lipinski definition) is 2. The Balaban J connectivity index is 2.19. The first-order valence-corrected chi connectivity index (χ1v) is 6.41. The average molecular weight is 268 g/mol. The molecular weight excluding hydrogens is 250 g/mol. The van der Waals surface area contributed by atoms with E-state index in [-0.39, 0.29) is 5.84 Å². The van der Waals surface area contributed by atoms with Crippen molar-refractivity contribution in [2.24, 2.45) is 5.73 Å². The Kier molecular flexibility index (Phi) is 4.09. The first-order chi connectivity index (χ1) is 8.63. The number of anilines is 1. The zero-order valence-corrected chi connectivity index (χ0v) is 11.2. The summed E-state index contributed by atoms with van der Waals surface area (Å²) in [5, 5.41) is 7.95. The van der Waals surface area contributed by atoms with Gasteiger partial charge >= 0.3 is 0 Å². The topological polar surface area (TPSA) is 62.3 Å². The van der Waals surface area contributed by atoms with E-state index in [0.29, 0.717) is 23.2 Å². The zero-order chi connectivity index (χ0) is 13.1. The molecule has 5 heteroatoms. The molecule has 0 spiro atoms. The molecule has 0 amide bonds. The number of rotatable bonds is 6. The molecule has 1 aromatic carbocycles. The van der Waals surface area contributed by atoms with E-state index in [9.17, 15) is 0 Å². The molecule has 1 saturated carbocycles. The number of amidine groups is 1. The highest BCUT2D eigenvalue weighted by Gasteiger charge is 2.29.